The predicted molar refractivity (Wildman–Crippen MR) is 96.7 cm³/mol. The third-order valence-corrected chi connectivity index (χ3v) is 5.69. The first-order chi connectivity index (χ1) is 11.5. The summed E-state index contributed by atoms with van der Waals surface area (Å²) >= 11 is 1.50. The molecule has 0 spiro atoms. The van der Waals surface area contributed by atoms with E-state index in [2.05, 4.69) is 30.7 Å². The van der Waals surface area contributed by atoms with Gasteiger partial charge in [-0.1, -0.05) is 24.7 Å². The van der Waals surface area contributed by atoms with E-state index in [4.69, 9.17) is 9.72 Å². The molecular weight excluding hydrogens is 322 g/mol. The molecule has 6 heteroatoms. The van der Waals surface area contributed by atoms with Gasteiger partial charge in [0.25, 0.3) is 0 Å². The molecule has 4 rings (SSSR count). The van der Waals surface area contributed by atoms with Crippen LogP contribution in [-0.4, -0.2) is 20.6 Å². The van der Waals surface area contributed by atoms with Crippen LogP contribution < -0.4 is 5.43 Å². The Kier molecular flexibility index (Phi) is 3.69. The number of hydrogen-bond acceptors (Lipinski definition) is 5. The summed E-state index contributed by atoms with van der Waals surface area (Å²) in [5.74, 6) is 0. The monoisotopic (exact) mass is 343 g/mol. The van der Waals surface area contributed by atoms with Crippen LogP contribution in [0.25, 0.3) is 20.6 Å². The number of nitrogens with one attached hydrogen (secondary N) is 1. The molecule has 126 valence electrons. The normalized spacial score (nSPS) is 16.6. The first-order valence-electron chi connectivity index (χ1n) is 8.44. The highest BCUT2D eigenvalue weighted by Crippen LogP contribution is 2.35. The highest BCUT2D eigenvalue weighted by molar-refractivity contribution is 7.23. The minimum Gasteiger partial charge on any atom is -0.370 e. The molecule has 0 aromatic carbocycles. The van der Waals surface area contributed by atoms with Gasteiger partial charge in [0.05, 0.1) is 23.9 Å². The summed E-state index contributed by atoms with van der Waals surface area (Å²) < 4.78 is 6.01. The van der Waals surface area contributed by atoms with Crippen molar-refractivity contribution in [2.45, 2.75) is 58.7 Å². The highest BCUT2D eigenvalue weighted by atomic mass is 32.1. The van der Waals surface area contributed by atoms with Crippen molar-refractivity contribution in [3.8, 4) is 0 Å². The van der Waals surface area contributed by atoms with Gasteiger partial charge >= 0.3 is 0 Å². The van der Waals surface area contributed by atoms with Crippen LogP contribution in [0.1, 0.15) is 50.4 Å². The fourth-order valence-corrected chi connectivity index (χ4v) is 4.42. The Labute approximate surface area is 144 Å². The number of pyridine rings is 1. The number of aromatic nitrogens is 3. The van der Waals surface area contributed by atoms with Gasteiger partial charge in [-0.25, -0.2) is 9.97 Å². The summed E-state index contributed by atoms with van der Waals surface area (Å²) in [5, 5.41) is 0.753. The van der Waals surface area contributed by atoms with Gasteiger partial charge in [0.1, 0.15) is 15.2 Å². The standard InChI is InChI=1S/C18H21N3O2S/c1-4-5-6-12-11-8-23-18(2,3)7-10(11)13-15(22)14-17(20-9-19-14)24-16(13)21-12/h9H,4-8H2,1-3H3,(H,19,20). The SMILES string of the molecule is CCCCc1nc2sc3nc[nH]c3c(=O)c2c2c1COC(C)(C)C2. The number of imidazole rings is 1. The van der Waals surface area contributed by atoms with E-state index in [1.165, 1.54) is 11.3 Å². The number of rotatable bonds is 3. The zero-order chi connectivity index (χ0) is 16.9. The van der Waals surface area contributed by atoms with Crippen LogP contribution in [0, 0.1) is 0 Å². The lowest BCUT2D eigenvalue weighted by molar-refractivity contribution is -0.0401. The summed E-state index contributed by atoms with van der Waals surface area (Å²) in [4.78, 5) is 26.6. The molecule has 1 N–H and O–H groups in total. The summed E-state index contributed by atoms with van der Waals surface area (Å²) in [6, 6.07) is 0. The fourth-order valence-electron chi connectivity index (χ4n) is 3.41. The van der Waals surface area contributed by atoms with Gasteiger partial charge < -0.3 is 9.72 Å². The second-order valence-corrected chi connectivity index (χ2v) is 8.02. The summed E-state index contributed by atoms with van der Waals surface area (Å²) in [6.45, 7) is 6.88. The first kappa shape index (κ1) is 15.7. The van der Waals surface area contributed by atoms with Crippen molar-refractivity contribution in [1.29, 1.82) is 0 Å². The van der Waals surface area contributed by atoms with Gasteiger partial charge in [-0.2, -0.15) is 0 Å². The topological polar surface area (TPSA) is 67.9 Å². The largest absolute Gasteiger partial charge is 0.370 e. The van der Waals surface area contributed by atoms with Crippen molar-refractivity contribution in [3.05, 3.63) is 33.4 Å². The average Bonchev–Trinajstić information content (AvgIpc) is 3.00. The molecule has 5 nitrogen and oxygen atoms in total. The van der Waals surface area contributed by atoms with Crippen molar-refractivity contribution in [1.82, 2.24) is 15.0 Å². The average molecular weight is 343 g/mol. The molecular formula is C18H21N3O2S. The maximum absolute atomic E-state index is 13.0. The lowest BCUT2D eigenvalue weighted by Crippen LogP contribution is -2.33. The Morgan fingerprint density at radius 2 is 2.17 bits per heavy atom. The van der Waals surface area contributed by atoms with Gasteiger partial charge in [-0.3, -0.25) is 4.79 Å². The van der Waals surface area contributed by atoms with E-state index >= 15 is 0 Å². The van der Waals surface area contributed by atoms with E-state index in [0.29, 0.717) is 12.1 Å². The van der Waals surface area contributed by atoms with Crippen LogP contribution in [0.15, 0.2) is 11.1 Å². The van der Waals surface area contributed by atoms with Crippen molar-refractivity contribution in [2.75, 3.05) is 0 Å². The molecule has 0 saturated carbocycles. The number of aromatic amines is 1. The maximum Gasteiger partial charge on any atom is 0.215 e. The summed E-state index contributed by atoms with van der Waals surface area (Å²) in [7, 11) is 0. The molecule has 0 saturated heterocycles. The summed E-state index contributed by atoms with van der Waals surface area (Å²) in [6.07, 6.45) is 5.46. The molecule has 0 bridgehead atoms. The first-order valence-corrected chi connectivity index (χ1v) is 9.26. The van der Waals surface area contributed by atoms with Crippen molar-refractivity contribution in [2.24, 2.45) is 0 Å². The van der Waals surface area contributed by atoms with Crippen LogP contribution in [-0.2, 0) is 24.2 Å². The fraction of sp³-hybridized carbons (Fsp3) is 0.500. The summed E-state index contributed by atoms with van der Waals surface area (Å²) in [5.41, 5.74) is 3.67. The van der Waals surface area contributed by atoms with Crippen LogP contribution >= 0.6 is 11.3 Å². The smallest absolute Gasteiger partial charge is 0.215 e. The maximum atomic E-state index is 13.0. The molecule has 24 heavy (non-hydrogen) atoms. The zero-order valence-electron chi connectivity index (χ0n) is 14.2. The second-order valence-electron chi connectivity index (χ2n) is 7.04. The number of hydrogen-bond donors (Lipinski definition) is 1. The van der Waals surface area contributed by atoms with Gasteiger partial charge in [-0.05, 0) is 32.3 Å². The molecule has 0 fully saturated rings. The van der Waals surface area contributed by atoms with Gasteiger partial charge in [0.15, 0.2) is 0 Å². The van der Waals surface area contributed by atoms with Crippen molar-refractivity contribution >= 4 is 31.9 Å². The lowest BCUT2D eigenvalue weighted by atomic mass is 9.88. The third-order valence-electron chi connectivity index (χ3n) is 4.69. The number of nitrogens with zero attached hydrogens (tertiary/aromatic N) is 2. The Morgan fingerprint density at radius 1 is 1.33 bits per heavy atom. The van der Waals surface area contributed by atoms with Crippen LogP contribution in [0.2, 0.25) is 0 Å². The Balaban J connectivity index is 2.06. The van der Waals surface area contributed by atoms with E-state index in [1.807, 2.05) is 0 Å². The van der Waals surface area contributed by atoms with Crippen LogP contribution in [0.4, 0.5) is 0 Å². The molecule has 4 heterocycles. The van der Waals surface area contributed by atoms with Gasteiger partial charge in [0, 0.05) is 17.7 Å². The number of H-pyrrole nitrogens is 1. The molecule has 1 aliphatic rings. The molecule has 3 aromatic heterocycles. The highest BCUT2D eigenvalue weighted by Gasteiger charge is 2.31. The minimum absolute atomic E-state index is 0.0136. The Morgan fingerprint density at radius 3 is 2.96 bits per heavy atom. The quantitative estimate of drug-likeness (QED) is 0.787. The molecule has 0 unspecified atom stereocenters. The van der Waals surface area contributed by atoms with E-state index in [-0.39, 0.29) is 11.0 Å². The van der Waals surface area contributed by atoms with E-state index < -0.39 is 0 Å². The Bertz CT molecular complexity index is 987. The molecule has 3 aromatic rings. The molecule has 0 radical (unpaired) electrons. The zero-order valence-corrected chi connectivity index (χ0v) is 15.0. The van der Waals surface area contributed by atoms with Crippen molar-refractivity contribution < 1.29 is 4.74 Å². The number of unbranched alkanes of at least 4 members (excludes halogenated alkanes) is 1. The number of fused-ring (bicyclic) bond motifs is 4. The van der Waals surface area contributed by atoms with E-state index in [9.17, 15) is 4.79 Å². The lowest BCUT2D eigenvalue weighted by Gasteiger charge is -2.33. The molecule has 0 atom stereocenters. The van der Waals surface area contributed by atoms with E-state index in [1.54, 1.807) is 6.33 Å². The van der Waals surface area contributed by atoms with E-state index in [0.717, 1.165) is 57.6 Å². The Hall–Kier alpha value is -1.79. The molecule has 0 aliphatic carbocycles. The molecule has 1 aliphatic heterocycles. The van der Waals surface area contributed by atoms with Crippen molar-refractivity contribution in [3.63, 3.8) is 0 Å². The number of ether oxygens (including phenoxy) is 1. The predicted octanol–water partition coefficient (Wildman–Crippen LogP) is 3.73. The second kappa shape index (κ2) is 5.63. The number of aryl methyl sites for hydroxylation is 1. The van der Waals surface area contributed by atoms with Gasteiger partial charge in [0.2, 0.25) is 5.43 Å². The van der Waals surface area contributed by atoms with Gasteiger partial charge in [-0.15, -0.1) is 0 Å². The van der Waals surface area contributed by atoms with Crippen LogP contribution in [0.3, 0.4) is 0 Å². The van der Waals surface area contributed by atoms with Crippen LogP contribution in [0.5, 0.6) is 0 Å². The molecule has 0 amide bonds. The third kappa shape index (κ3) is 2.45. The minimum atomic E-state index is -0.261.